The molecular weight excluding hydrogens is 318 g/mol. The Balaban J connectivity index is 2.37. The smallest absolute Gasteiger partial charge is 0.216 e. The van der Waals surface area contributed by atoms with Gasteiger partial charge in [-0.15, -0.1) is 0 Å². The van der Waals surface area contributed by atoms with Crippen LogP contribution >= 0.6 is 0 Å². The van der Waals surface area contributed by atoms with Crippen LogP contribution in [0.2, 0.25) is 0 Å². The molecule has 4 rings (SSSR count). The number of benzene rings is 2. The van der Waals surface area contributed by atoms with Crippen molar-refractivity contribution in [3.05, 3.63) is 38.0 Å². The van der Waals surface area contributed by atoms with Crippen LogP contribution in [0.5, 0.6) is 11.5 Å². The molecule has 4 N–H and O–H groups in total. The van der Waals surface area contributed by atoms with Crippen LogP contribution in [0.15, 0.2) is 9.21 Å². The highest BCUT2D eigenvalue weighted by molar-refractivity contribution is 5.98. The van der Waals surface area contributed by atoms with Gasteiger partial charge >= 0.3 is 0 Å². The van der Waals surface area contributed by atoms with Crippen molar-refractivity contribution in [2.24, 2.45) is 0 Å². The molecule has 0 atom stereocenters. The van der Waals surface area contributed by atoms with E-state index in [-0.39, 0.29) is 23.1 Å². The molecular formula is C20H21NO4. The first-order chi connectivity index (χ1) is 11.8. The number of nitrogen functional groups attached to an aromatic ring is 1. The maximum atomic E-state index is 12.8. The van der Waals surface area contributed by atoms with E-state index in [0.717, 1.165) is 35.1 Å². The van der Waals surface area contributed by atoms with Gasteiger partial charge in [-0.2, -0.15) is 0 Å². The van der Waals surface area contributed by atoms with Gasteiger partial charge in [0.15, 0.2) is 0 Å². The Morgan fingerprint density at radius 3 is 2.20 bits per heavy atom. The van der Waals surface area contributed by atoms with Crippen LogP contribution in [0, 0.1) is 27.7 Å². The number of hydrogen-bond acceptors (Lipinski definition) is 5. The quantitative estimate of drug-likeness (QED) is 0.354. The number of hydrogen-bond donors (Lipinski definition) is 3. The summed E-state index contributed by atoms with van der Waals surface area (Å²) in [5.41, 5.74) is 10.1. The molecule has 0 spiro atoms. The SMILES string of the molecule is Cc1c2oc3c(C)c(C)c(C)c(O)c3c(C3CC3)c-2c(=O)c(N)c1O. The highest BCUT2D eigenvalue weighted by atomic mass is 16.3. The van der Waals surface area contributed by atoms with Gasteiger partial charge in [0.1, 0.15) is 28.5 Å². The summed E-state index contributed by atoms with van der Waals surface area (Å²) in [6, 6.07) is 0. The van der Waals surface area contributed by atoms with E-state index in [1.54, 1.807) is 6.92 Å². The third-order valence-corrected chi connectivity index (χ3v) is 5.66. The van der Waals surface area contributed by atoms with E-state index in [2.05, 4.69) is 0 Å². The molecule has 0 unspecified atom stereocenters. The minimum atomic E-state index is -0.430. The van der Waals surface area contributed by atoms with Crippen molar-refractivity contribution >= 4 is 16.7 Å². The van der Waals surface area contributed by atoms with Crippen molar-refractivity contribution in [3.63, 3.8) is 0 Å². The van der Waals surface area contributed by atoms with Crippen molar-refractivity contribution in [3.8, 4) is 22.8 Å². The molecule has 130 valence electrons. The molecule has 0 aromatic heterocycles. The average molecular weight is 339 g/mol. The van der Waals surface area contributed by atoms with E-state index in [0.29, 0.717) is 27.9 Å². The zero-order valence-electron chi connectivity index (χ0n) is 14.8. The van der Waals surface area contributed by atoms with Crippen LogP contribution in [-0.4, -0.2) is 10.2 Å². The molecule has 1 saturated carbocycles. The zero-order chi connectivity index (χ0) is 18.2. The second kappa shape index (κ2) is 4.91. The summed E-state index contributed by atoms with van der Waals surface area (Å²) in [5, 5.41) is 21.6. The largest absolute Gasteiger partial charge is 0.507 e. The lowest BCUT2D eigenvalue weighted by molar-refractivity contribution is 0.468. The fourth-order valence-electron chi connectivity index (χ4n) is 3.71. The van der Waals surface area contributed by atoms with Crippen molar-refractivity contribution in [2.75, 3.05) is 5.73 Å². The summed E-state index contributed by atoms with van der Waals surface area (Å²) in [5.74, 6) is 0.490. The van der Waals surface area contributed by atoms with Crippen molar-refractivity contribution < 1.29 is 14.6 Å². The van der Waals surface area contributed by atoms with Gasteiger partial charge in [-0.1, -0.05) is 0 Å². The van der Waals surface area contributed by atoms with E-state index < -0.39 is 5.43 Å². The number of anilines is 1. The minimum Gasteiger partial charge on any atom is -0.507 e. The number of rotatable bonds is 1. The first-order valence-corrected chi connectivity index (χ1v) is 8.45. The van der Waals surface area contributed by atoms with Crippen molar-refractivity contribution in [2.45, 2.75) is 46.5 Å². The standard InChI is InChI=1S/C20H21NO4/c1-7-8(2)16(22)13-12(11-5-6-11)14-18(24)15(21)17(23)10(4)20(14)25-19(13)9(7)3/h11,22-23H,5-6,21H2,1-4H3. The van der Waals surface area contributed by atoms with Crippen LogP contribution in [0.25, 0.3) is 22.3 Å². The molecule has 2 aliphatic carbocycles. The molecule has 1 aliphatic heterocycles. The van der Waals surface area contributed by atoms with E-state index in [1.807, 2.05) is 20.8 Å². The molecule has 5 nitrogen and oxygen atoms in total. The Bertz CT molecular complexity index is 1090. The van der Waals surface area contributed by atoms with Gasteiger partial charge in [0.05, 0.1) is 10.9 Å². The summed E-state index contributed by atoms with van der Waals surface area (Å²) in [7, 11) is 0. The zero-order valence-corrected chi connectivity index (χ0v) is 14.8. The lowest BCUT2D eigenvalue weighted by Crippen LogP contribution is -2.16. The second-order valence-electron chi connectivity index (χ2n) is 7.14. The number of fused-ring (bicyclic) bond motifs is 2. The van der Waals surface area contributed by atoms with Gasteiger partial charge in [-0.05, 0) is 68.7 Å². The Morgan fingerprint density at radius 1 is 0.960 bits per heavy atom. The molecule has 3 aliphatic rings. The predicted octanol–water partition coefficient (Wildman–Crippen LogP) is 4.00. The first kappa shape index (κ1) is 15.8. The number of aromatic hydroxyl groups is 2. The summed E-state index contributed by atoms with van der Waals surface area (Å²) in [6.45, 7) is 7.44. The number of phenolic OH excluding ortho intramolecular Hbond substituents is 2. The van der Waals surface area contributed by atoms with E-state index in [4.69, 9.17) is 10.2 Å². The van der Waals surface area contributed by atoms with Crippen molar-refractivity contribution in [1.29, 1.82) is 0 Å². The molecule has 5 heteroatoms. The summed E-state index contributed by atoms with van der Waals surface area (Å²) in [6.07, 6.45) is 1.91. The third-order valence-electron chi connectivity index (χ3n) is 5.66. The monoisotopic (exact) mass is 339 g/mol. The highest BCUT2D eigenvalue weighted by Crippen LogP contribution is 2.52. The van der Waals surface area contributed by atoms with Crippen LogP contribution in [-0.2, 0) is 0 Å². The third kappa shape index (κ3) is 1.92. The molecule has 25 heavy (non-hydrogen) atoms. The molecule has 0 saturated heterocycles. The maximum absolute atomic E-state index is 12.8. The first-order valence-electron chi connectivity index (χ1n) is 8.45. The van der Waals surface area contributed by atoms with Crippen LogP contribution < -0.4 is 11.2 Å². The lowest BCUT2D eigenvalue weighted by atomic mass is 9.89. The molecule has 1 heterocycles. The molecule has 1 aromatic carbocycles. The van der Waals surface area contributed by atoms with Gasteiger partial charge in [-0.25, -0.2) is 0 Å². The Hall–Kier alpha value is -2.69. The van der Waals surface area contributed by atoms with Crippen LogP contribution in [0.3, 0.4) is 0 Å². The average Bonchev–Trinajstić information content (AvgIpc) is 3.44. The second-order valence-corrected chi connectivity index (χ2v) is 7.14. The number of aryl methyl sites for hydroxylation is 1. The Labute approximate surface area is 145 Å². The maximum Gasteiger partial charge on any atom is 0.216 e. The van der Waals surface area contributed by atoms with Crippen LogP contribution in [0.1, 0.15) is 46.6 Å². The highest BCUT2D eigenvalue weighted by Gasteiger charge is 2.36. The minimum absolute atomic E-state index is 0.161. The molecule has 0 bridgehead atoms. The van der Waals surface area contributed by atoms with Gasteiger partial charge in [0.25, 0.3) is 0 Å². The van der Waals surface area contributed by atoms with Gasteiger partial charge in [-0.3, -0.25) is 4.79 Å². The lowest BCUT2D eigenvalue weighted by Gasteiger charge is -2.21. The van der Waals surface area contributed by atoms with Crippen molar-refractivity contribution in [1.82, 2.24) is 0 Å². The number of phenols is 2. The number of nitrogens with two attached hydrogens (primary N) is 1. The summed E-state index contributed by atoms with van der Waals surface area (Å²) in [4.78, 5) is 12.8. The van der Waals surface area contributed by atoms with Gasteiger partial charge in [0.2, 0.25) is 5.43 Å². The van der Waals surface area contributed by atoms with Gasteiger partial charge < -0.3 is 20.4 Å². The topological polar surface area (TPSA) is 96.7 Å². The Morgan fingerprint density at radius 2 is 1.60 bits per heavy atom. The van der Waals surface area contributed by atoms with Gasteiger partial charge in [0, 0.05) is 5.56 Å². The predicted molar refractivity (Wildman–Crippen MR) is 97.8 cm³/mol. The fraction of sp³-hybridized carbons (Fsp3) is 0.350. The summed E-state index contributed by atoms with van der Waals surface area (Å²) >= 11 is 0. The molecule has 0 radical (unpaired) electrons. The van der Waals surface area contributed by atoms with E-state index in [1.165, 1.54) is 0 Å². The normalized spacial score (nSPS) is 14.6. The Kier molecular flexibility index (Phi) is 3.11. The van der Waals surface area contributed by atoms with Crippen LogP contribution in [0.4, 0.5) is 5.69 Å². The summed E-state index contributed by atoms with van der Waals surface area (Å²) < 4.78 is 6.08. The van der Waals surface area contributed by atoms with E-state index in [9.17, 15) is 15.0 Å². The molecule has 1 fully saturated rings. The van der Waals surface area contributed by atoms with E-state index >= 15 is 0 Å². The fourth-order valence-corrected chi connectivity index (χ4v) is 3.71. The molecule has 0 amide bonds. The molecule has 1 aromatic rings.